The first kappa shape index (κ1) is 24.2. The van der Waals surface area contributed by atoms with Gasteiger partial charge in [0.15, 0.2) is 0 Å². The van der Waals surface area contributed by atoms with E-state index < -0.39 is 0 Å². The van der Waals surface area contributed by atoms with E-state index >= 15 is 0 Å². The molecule has 0 spiro atoms. The summed E-state index contributed by atoms with van der Waals surface area (Å²) in [5.41, 5.74) is 0. The molecule has 0 heterocycles. The number of unbranched alkanes of at least 4 members (excludes halogenated alkanes) is 15. The van der Waals surface area contributed by atoms with E-state index in [-0.39, 0.29) is 5.97 Å². The Labute approximate surface area is 157 Å². The van der Waals surface area contributed by atoms with E-state index in [1.807, 2.05) is 0 Å². The Morgan fingerprint density at radius 3 is 1.48 bits per heavy atom. The van der Waals surface area contributed by atoms with Crippen molar-refractivity contribution in [1.29, 1.82) is 0 Å². The molecule has 0 aliphatic rings. The van der Waals surface area contributed by atoms with E-state index in [0.29, 0.717) is 6.42 Å². The van der Waals surface area contributed by atoms with Crippen LogP contribution in [0.3, 0.4) is 0 Å². The molecule has 0 aromatic rings. The molecule has 0 aromatic carbocycles. The summed E-state index contributed by atoms with van der Waals surface area (Å²) in [6.07, 6.45) is 27.9. The highest BCUT2D eigenvalue weighted by molar-refractivity contribution is 5.68. The van der Waals surface area contributed by atoms with Gasteiger partial charge in [-0.3, -0.25) is 4.79 Å². The van der Waals surface area contributed by atoms with Gasteiger partial charge in [0, 0.05) is 6.42 Å². The van der Waals surface area contributed by atoms with Crippen molar-refractivity contribution in [1.82, 2.24) is 0 Å². The summed E-state index contributed by atoms with van der Waals surface area (Å²) in [7, 11) is 1.46. The Balaban J connectivity index is 3.10. The zero-order valence-electron chi connectivity index (χ0n) is 17.2. The lowest BCUT2D eigenvalue weighted by molar-refractivity contribution is -0.140. The standard InChI is InChI=1S/C23H44O2/c1-3-4-5-6-7-8-9-10-11-12-13-14-15-16-17-18-19-20-21-22-23(24)25-2/h13-14H,3-12,15-22H2,1-2H3/b14-13-. The summed E-state index contributed by atoms with van der Waals surface area (Å²) in [6.45, 7) is 2.28. The number of esters is 1. The van der Waals surface area contributed by atoms with Crippen molar-refractivity contribution in [2.45, 2.75) is 122 Å². The highest BCUT2D eigenvalue weighted by Gasteiger charge is 1.98. The van der Waals surface area contributed by atoms with Crippen LogP contribution in [0.15, 0.2) is 12.2 Å². The fourth-order valence-corrected chi connectivity index (χ4v) is 3.15. The van der Waals surface area contributed by atoms with Gasteiger partial charge in [-0.25, -0.2) is 0 Å². The second kappa shape index (κ2) is 21.3. The molecule has 2 nitrogen and oxygen atoms in total. The number of allylic oxidation sites excluding steroid dienone is 2. The predicted octanol–water partition coefficient (Wildman–Crippen LogP) is 7.76. The van der Waals surface area contributed by atoms with Crippen LogP contribution in [0.4, 0.5) is 0 Å². The van der Waals surface area contributed by atoms with Gasteiger partial charge >= 0.3 is 5.97 Å². The Morgan fingerprint density at radius 1 is 0.640 bits per heavy atom. The van der Waals surface area contributed by atoms with Crippen molar-refractivity contribution in [2.24, 2.45) is 0 Å². The van der Waals surface area contributed by atoms with Crippen molar-refractivity contribution in [3.05, 3.63) is 12.2 Å². The first-order valence-electron chi connectivity index (χ1n) is 11.0. The van der Waals surface area contributed by atoms with Crippen molar-refractivity contribution in [2.75, 3.05) is 7.11 Å². The molecular formula is C23H44O2. The predicted molar refractivity (Wildman–Crippen MR) is 110 cm³/mol. The number of carbonyl (C=O) groups excluding carboxylic acids is 1. The highest BCUT2D eigenvalue weighted by atomic mass is 16.5. The van der Waals surface area contributed by atoms with Crippen LogP contribution in [0, 0.1) is 0 Å². The average molecular weight is 353 g/mol. The molecule has 0 N–H and O–H groups in total. The normalized spacial score (nSPS) is 11.3. The zero-order valence-corrected chi connectivity index (χ0v) is 17.2. The molecule has 0 aliphatic carbocycles. The molecule has 0 amide bonds. The Morgan fingerprint density at radius 2 is 1.04 bits per heavy atom. The van der Waals surface area contributed by atoms with Gasteiger partial charge in [0.05, 0.1) is 7.11 Å². The summed E-state index contributed by atoms with van der Waals surface area (Å²) in [5, 5.41) is 0. The summed E-state index contributed by atoms with van der Waals surface area (Å²) < 4.78 is 4.64. The SMILES string of the molecule is CCCCCCCCCCC/C=C\CCCCCCCCC(=O)OC. The zero-order chi connectivity index (χ0) is 18.4. The second-order valence-corrected chi connectivity index (χ2v) is 7.32. The van der Waals surface area contributed by atoms with Gasteiger partial charge in [0.25, 0.3) is 0 Å². The lowest BCUT2D eigenvalue weighted by Crippen LogP contribution is -1.99. The number of carbonyl (C=O) groups is 1. The third kappa shape index (κ3) is 21.2. The molecule has 2 heteroatoms. The quantitative estimate of drug-likeness (QED) is 0.135. The summed E-state index contributed by atoms with van der Waals surface area (Å²) in [4.78, 5) is 11.0. The van der Waals surface area contributed by atoms with Crippen LogP contribution >= 0.6 is 0 Å². The van der Waals surface area contributed by atoms with Gasteiger partial charge in [-0.15, -0.1) is 0 Å². The molecule has 25 heavy (non-hydrogen) atoms. The first-order chi connectivity index (χ1) is 12.3. The monoisotopic (exact) mass is 352 g/mol. The van der Waals surface area contributed by atoms with Crippen LogP contribution in [0.25, 0.3) is 0 Å². The molecule has 0 atom stereocenters. The van der Waals surface area contributed by atoms with Gasteiger partial charge in [0.1, 0.15) is 0 Å². The number of hydrogen-bond donors (Lipinski definition) is 0. The van der Waals surface area contributed by atoms with Crippen LogP contribution in [0.1, 0.15) is 122 Å². The van der Waals surface area contributed by atoms with Crippen molar-refractivity contribution in [3.63, 3.8) is 0 Å². The Bertz CT molecular complexity index is 296. The third-order valence-corrected chi connectivity index (χ3v) is 4.87. The smallest absolute Gasteiger partial charge is 0.305 e. The van der Waals surface area contributed by atoms with Crippen LogP contribution in [-0.4, -0.2) is 13.1 Å². The van der Waals surface area contributed by atoms with E-state index in [4.69, 9.17) is 0 Å². The van der Waals surface area contributed by atoms with E-state index in [2.05, 4.69) is 23.8 Å². The van der Waals surface area contributed by atoms with Crippen molar-refractivity contribution >= 4 is 5.97 Å². The minimum atomic E-state index is -0.0721. The Kier molecular flexibility index (Phi) is 20.6. The van der Waals surface area contributed by atoms with E-state index in [0.717, 1.165) is 12.8 Å². The van der Waals surface area contributed by atoms with Gasteiger partial charge in [-0.2, -0.15) is 0 Å². The van der Waals surface area contributed by atoms with Crippen LogP contribution in [0.5, 0.6) is 0 Å². The van der Waals surface area contributed by atoms with Gasteiger partial charge in [0.2, 0.25) is 0 Å². The van der Waals surface area contributed by atoms with Crippen molar-refractivity contribution < 1.29 is 9.53 Å². The van der Waals surface area contributed by atoms with Crippen molar-refractivity contribution in [3.8, 4) is 0 Å². The van der Waals surface area contributed by atoms with E-state index in [9.17, 15) is 4.79 Å². The van der Waals surface area contributed by atoms with Crippen LogP contribution < -0.4 is 0 Å². The summed E-state index contributed by atoms with van der Waals surface area (Å²) in [6, 6.07) is 0. The van der Waals surface area contributed by atoms with Gasteiger partial charge < -0.3 is 4.74 Å². The topological polar surface area (TPSA) is 26.3 Å². The third-order valence-electron chi connectivity index (χ3n) is 4.87. The lowest BCUT2D eigenvalue weighted by Gasteiger charge is -2.01. The largest absolute Gasteiger partial charge is 0.469 e. The highest BCUT2D eigenvalue weighted by Crippen LogP contribution is 2.12. The molecule has 0 fully saturated rings. The fraction of sp³-hybridized carbons (Fsp3) is 0.870. The molecule has 0 bridgehead atoms. The van der Waals surface area contributed by atoms with E-state index in [1.54, 1.807) is 0 Å². The molecule has 0 aliphatic heterocycles. The first-order valence-corrected chi connectivity index (χ1v) is 11.0. The van der Waals surface area contributed by atoms with Crippen LogP contribution in [0.2, 0.25) is 0 Å². The number of rotatable bonds is 19. The molecule has 0 saturated heterocycles. The molecule has 0 radical (unpaired) electrons. The van der Waals surface area contributed by atoms with Gasteiger partial charge in [-0.1, -0.05) is 96.1 Å². The molecule has 0 unspecified atom stereocenters. The molecular weight excluding hydrogens is 308 g/mol. The lowest BCUT2D eigenvalue weighted by atomic mass is 10.1. The number of hydrogen-bond acceptors (Lipinski definition) is 2. The van der Waals surface area contributed by atoms with Gasteiger partial charge in [-0.05, 0) is 32.1 Å². The number of methoxy groups -OCH3 is 1. The molecule has 0 aromatic heterocycles. The van der Waals surface area contributed by atoms with Crippen LogP contribution in [-0.2, 0) is 9.53 Å². The maximum Gasteiger partial charge on any atom is 0.305 e. The number of ether oxygens (including phenoxy) is 1. The maximum absolute atomic E-state index is 11.0. The van der Waals surface area contributed by atoms with E-state index in [1.165, 1.54) is 103 Å². The fourth-order valence-electron chi connectivity index (χ4n) is 3.15. The minimum Gasteiger partial charge on any atom is -0.469 e. The maximum atomic E-state index is 11.0. The minimum absolute atomic E-state index is 0.0721. The second-order valence-electron chi connectivity index (χ2n) is 7.32. The summed E-state index contributed by atoms with van der Waals surface area (Å²) >= 11 is 0. The molecule has 0 rings (SSSR count). The average Bonchev–Trinajstić information content (AvgIpc) is 2.63. The molecule has 148 valence electrons. The Hall–Kier alpha value is -0.790. The molecule has 0 saturated carbocycles. The summed E-state index contributed by atoms with van der Waals surface area (Å²) in [5.74, 6) is -0.0721.